The second-order valence-corrected chi connectivity index (χ2v) is 6.93. The number of rotatable bonds is 8. The van der Waals surface area contributed by atoms with Crippen molar-refractivity contribution in [3.8, 4) is 5.75 Å². The lowest BCUT2D eigenvalue weighted by molar-refractivity contribution is -0.385. The molecule has 29 heavy (non-hydrogen) atoms. The van der Waals surface area contributed by atoms with Crippen molar-refractivity contribution in [2.24, 2.45) is 0 Å². The number of para-hydroxylation sites is 2. The zero-order valence-corrected chi connectivity index (χ0v) is 16.7. The van der Waals surface area contributed by atoms with Gasteiger partial charge in [0, 0.05) is 10.9 Å². The Balaban J connectivity index is 1.90. The highest BCUT2D eigenvalue weighted by Gasteiger charge is 2.22. The third-order valence-corrected chi connectivity index (χ3v) is 4.92. The molecule has 0 fully saturated rings. The van der Waals surface area contributed by atoms with Crippen molar-refractivity contribution in [3.05, 3.63) is 50.4 Å². The molecule has 0 unspecified atom stereocenters. The predicted molar refractivity (Wildman–Crippen MR) is 103 cm³/mol. The molecule has 0 radical (unpaired) electrons. The van der Waals surface area contributed by atoms with Crippen molar-refractivity contribution in [1.29, 1.82) is 0 Å². The zero-order chi connectivity index (χ0) is 21.6. The molecule has 1 heterocycles. The Kier molecular flexibility index (Phi) is 7.26. The van der Waals surface area contributed by atoms with Gasteiger partial charge >= 0.3 is 17.6 Å². The molecule has 0 saturated carbocycles. The van der Waals surface area contributed by atoms with Crippen LogP contribution < -0.4 is 10.1 Å². The Morgan fingerprint density at radius 3 is 2.52 bits per heavy atom. The summed E-state index contributed by atoms with van der Waals surface area (Å²) in [6.45, 7) is 2.30. The van der Waals surface area contributed by atoms with E-state index < -0.39 is 36.0 Å². The Morgan fingerprint density at radius 1 is 1.17 bits per heavy atom. The summed E-state index contributed by atoms with van der Waals surface area (Å²) in [5.41, 5.74) is 0.637. The fraction of sp³-hybridized carbons (Fsp3) is 0.278. The van der Waals surface area contributed by atoms with Crippen LogP contribution in [0.25, 0.3) is 0 Å². The number of nitrogens with zero attached hydrogens (tertiary/aromatic N) is 1. The lowest BCUT2D eigenvalue weighted by Crippen LogP contribution is -2.24. The van der Waals surface area contributed by atoms with Crippen LogP contribution in [0.3, 0.4) is 0 Å². The maximum Gasteiger partial charge on any atom is 0.344 e. The van der Waals surface area contributed by atoms with Gasteiger partial charge in [-0.15, -0.1) is 11.3 Å². The molecular formula is C18H18N2O8S. The zero-order valence-electron chi connectivity index (χ0n) is 15.8. The summed E-state index contributed by atoms with van der Waals surface area (Å²) in [6, 6.07) is 5.56. The number of nitro benzene ring substituents is 1. The molecule has 1 aromatic carbocycles. The quantitative estimate of drug-likeness (QED) is 0.390. The predicted octanol–water partition coefficient (Wildman–Crippen LogP) is 2.62. The molecule has 0 aliphatic rings. The molecule has 0 aliphatic heterocycles. The van der Waals surface area contributed by atoms with Crippen molar-refractivity contribution in [2.75, 3.05) is 25.6 Å². The summed E-state index contributed by atoms with van der Waals surface area (Å²) in [5.74, 6) is -2.22. The van der Waals surface area contributed by atoms with Gasteiger partial charge in [-0.1, -0.05) is 12.1 Å². The van der Waals surface area contributed by atoms with E-state index >= 15 is 0 Å². The molecule has 0 saturated heterocycles. The van der Waals surface area contributed by atoms with E-state index in [1.54, 1.807) is 13.8 Å². The number of thiophene rings is 1. The molecule has 0 atom stereocenters. The summed E-state index contributed by atoms with van der Waals surface area (Å²) in [7, 11) is 1.24. The van der Waals surface area contributed by atoms with E-state index in [2.05, 4.69) is 5.32 Å². The number of hydrogen-bond donors (Lipinski definition) is 1. The van der Waals surface area contributed by atoms with Crippen molar-refractivity contribution < 1.29 is 33.5 Å². The first-order valence-corrected chi connectivity index (χ1v) is 9.06. The Hall–Kier alpha value is -3.47. The van der Waals surface area contributed by atoms with Crippen LogP contribution in [0.15, 0.2) is 24.3 Å². The van der Waals surface area contributed by atoms with Crippen molar-refractivity contribution in [2.45, 2.75) is 13.8 Å². The maximum absolute atomic E-state index is 12.1. The van der Waals surface area contributed by atoms with E-state index in [4.69, 9.17) is 14.2 Å². The van der Waals surface area contributed by atoms with Gasteiger partial charge < -0.3 is 19.5 Å². The van der Waals surface area contributed by atoms with Crippen LogP contribution in [-0.2, 0) is 19.1 Å². The first-order chi connectivity index (χ1) is 13.7. The van der Waals surface area contributed by atoms with Crippen molar-refractivity contribution >= 4 is 39.9 Å². The third kappa shape index (κ3) is 5.51. The number of methoxy groups -OCH3 is 1. The van der Waals surface area contributed by atoms with Crippen LogP contribution in [-0.4, -0.2) is 43.1 Å². The highest BCUT2D eigenvalue weighted by Crippen LogP contribution is 2.32. The number of ether oxygens (including phenoxy) is 3. The van der Waals surface area contributed by atoms with Gasteiger partial charge in [-0.2, -0.15) is 0 Å². The number of esters is 2. The van der Waals surface area contributed by atoms with Gasteiger partial charge in [-0.3, -0.25) is 14.9 Å². The highest BCUT2D eigenvalue weighted by atomic mass is 32.1. The fourth-order valence-electron chi connectivity index (χ4n) is 2.28. The first kappa shape index (κ1) is 21.8. The number of benzene rings is 1. The van der Waals surface area contributed by atoms with Crippen LogP contribution >= 0.6 is 11.3 Å². The molecule has 11 heteroatoms. The number of anilines is 1. The minimum Gasteiger partial charge on any atom is -0.475 e. The van der Waals surface area contributed by atoms with Crippen LogP contribution in [0.5, 0.6) is 5.75 Å². The molecule has 1 aromatic heterocycles. The van der Waals surface area contributed by atoms with E-state index in [0.29, 0.717) is 10.6 Å². The lowest BCUT2D eigenvalue weighted by atomic mass is 10.1. The third-order valence-electron chi connectivity index (χ3n) is 3.80. The van der Waals surface area contributed by atoms with Crippen molar-refractivity contribution in [1.82, 2.24) is 0 Å². The molecule has 2 aromatic rings. The Labute approximate surface area is 169 Å². The Bertz CT molecular complexity index is 953. The first-order valence-electron chi connectivity index (χ1n) is 8.24. The van der Waals surface area contributed by atoms with Gasteiger partial charge in [0.2, 0.25) is 0 Å². The van der Waals surface area contributed by atoms with E-state index in [-0.39, 0.29) is 17.0 Å². The standard InChI is InChI=1S/C18H18N2O8S/c1-10-11(2)29-17(16(10)18(23)26-3)19-14(21)8-28-15(22)9-27-13-7-5-4-6-12(13)20(24)25/h4-7H,8-9H2,1-3H3,(H,19,21). The average Bonchev–Trinajstić information content (AvgIpc) is 2.97. The summed E-state index contributed by atoms with van der Waals surface area (Å²) in [4.78, 5) is 46.8. The SMILES string of the molecule is COC(=O)c1c(NC(=O)COC(=O)COc2ccccc2[N+](=O)[O-])sc(C)c1C. The minimum absolute atomic E-state index is 0.0915. The summed E-state index contributed by atoms with van der Waals surface area (Å²) in [5, 5.41) is 13.7. The van der Waals surface area contributed by atoms with Crippen LogP contribution in [0.1, 0.15) is 20.8 Å². The second-order valence-electron chi connectivity index (χ2n) is 5.70. The van der Waals surface area contributed by atoms with E-state index in [1.165, 1.54) is 42.7 Å². The second kappa shape index (κ2) is 9.64. The lowest BCUT2D eigenvalue weighted by Gasteiger charge is -2.08. The minimum atomic E-state index is -0.884. The molecular weight excluding hydrogens is 404 g/mol. The number of aryl methyl sites for hydroxylation is 1. The van der Waals surface area contributed by atoms with Crippen LogP contribution in [0.4, 0.5) is 10.7 Å². The van der Waals surface area contributed by atoms with E-state index in [9.17, 15) is 24.5 Å². The maximum atomic E-state index is 12.1. The molecule has 154 valence electrons. The number of carbonyl (C=O) groups excluding carboxylic acids is 3. The van der Waals surface area contributed by atoms with Crippen LogP contribution in [0.2, 0.25) is 0 Å². The number of hydrogen-bond acceptors (Lipinski definition) is 9. The van der Waals surface area contributed by atoms with Gasteiger partial charge in [0.1, 0.15) is 5.00 Å². The highest BCUT2D eigenvalue weighted by molar-refractivity contribution is 7.16. The summed E-state index contributed by atoms with van der Waals surface area (Å²) in [6.07, 6.45) is 0. The molecule has 1 amide bonds. The summed E-state index contributed by atoms with van der Waals surface area (Å²) >= 11 is 1.20. The molecule has 2 rings (SSSR count). The molecule has 0 bridgehead atoms. The van der Waals surface area contributed by atoms with E-state index in [0.717, 1.165) is 4.88 Å². The largest absolute Gasteiger partial charge is 0.475 e. The van der Waals surface area contributed by atoms with Gasteiger partial charge in [-0.05, 0) is 25.5 Å². The smallest absolute Gasteiger partial charge is 0.344 e. The summed E-state index contributed by atoms with van der Waals surface area (Å²) < 4.78 is 14.6. The molecule has 10 nitrogen and oxygen atoms in total. The van der Waals surface area contributed by atoms with Gasteiger partial charge in [0.25, 0.3) is 5.91 Å². The normalized spacial score (nSPS) is 10.2. The average molecular weight is 422 g/mol. The Morgan fingerprint density at radius 2 is 1.86 bits per heavy atom. The fourth-order valence-corrected chi connectivity index (χ4v) is 3.34. The number of nitro groups is 1. The number of carbonyl (C=O) groups is 3. The van der Waals surface area contributed by atoms with Gasteiger partial charge in [0.05, 0.1) is 17.6 Å². The van der Waals surface area contributed by atoms with Crippen LogP contribution in [0, 0.1) is 24.0 Å². The van der Waals surface area contributed by atoms with Gasteiger partial charge in [0.15, 0.2) is 19.0 Å². The molecule has 0 aliphatic carbocycles. The number of nitrogens with one attached hydrogen (secondary N) is 1. The monoisotopic (exact) mass is 422 g/mol. The topological polar surface area (TPSA) is 134 Å². The van der Waals surface area contributed by atoms with E-state index in [1.807, 2.05) is 0 Å². The van der Waals surface area contributed by atoms with Gasteiger partial charge in [-0.25, -0.2) is 9.59 Å². The molecule has 0 spiro atoms. The van der Waals surface area contributed by atoms with Crippen molar-refractivity contribution in [3.63, 3.8) is 0 Å². The molecule has 1 N–H and O–H groups in total. The number of amides is 1.